The first kappa shape index (κ1) is 38.4. The molecule has 0 radical (unpaired) electrons. The SMILES string of the molecule is CCCCCCC/C=C\CCCCCCC[C@@H](CCCCCCC/C=C\CCCCCCCC)N1CCN(C)CC1. The van der Waals surface area contributed by atoms with Crippen LogP contribution < -0.4 is 0 Å². The molecule has 1 rings (SSSR count). The Bertz CT molecular complexity index is 560. The first-order valence-electron chi connectivity index (χ1n) is 19.0. The highest BCUT2D eigenvalue weighted by atomic mass is 15.3. The summed E-state index contributed by atoms with van der Waals surface area (Å²) in [5, 5.41) is 0. The van der Waals surface area contributed by atoms with Gasteiger partial charge in [0, 0.05) is 32.2 Å². The summed E-state index contributed by atoms with van der Waals surface area (Å²) in [5.74, 6) is 0. The number of hydrogen-bond acceptors (Lipinski definition) is 2. The summed E-state index contributed by atoms with van der Waals surface area (Å²) in [7, 11) is 2.29. The summed E-state index contributed by atoms with van der Waals surface area (Å²) in [4.78, 5) is 5.36. The third-order valence-corrected chi connectivity index (χ3v) is 9.40. The Labute approximate surface area is 260 Å². The van der Waals surface area contributed by atoms with Crippen molar-refractivity contribution in [2.24, 2.45) is 0 Å². The van der Waals surface area contributed by atoms with Crippen molar-refractivity contribution >= 4 is 0 Å². The average molecular weight is 573 g/mol. The topological polar surface area (TPSA) is 6.48 Å². The molecule has 0 aliphatic carbocycles. The maximum absolute atomic E-state index is 2.85. The van der Waals surface area contributed by atoms with Gasteiger partial charge in [-0.25, -0.2) is 0 Å². The van der Waals surface area contributed by atoms with Gasteiger partial charge < -0.3 is 4.90 Å². The van der Waals surface area contributed by atoms with Gasteiger partial charge in [-0.3, -0.25) is 4.90 Å². The number of allylic oxidation sites excluding steroid dienone is 4. The van der Waals surface area contributed by atoms with Gasteiger partial charge in [-0.15, -0.1) is 0 Å². The van der Waals surface area contributed by atoms with Gasteiger partial charge in [0.1, 0.15) is 0 Å². The van der Waals surface area contributed by atoms with E-state index in [0.717, 1.165) is 6.04 Å². The van der Waals surface area contributed by atoms with Crippen molar-refractivity contribution in [1.82, 2.24) is 9.80 Å². The van der Waals surface area contributed by atoms with Crippen molar-refractivity contribution in [2.45, 2.75) is 193 Å². The lowest BCUT2D eigenvalue weighted by molar-refractivity contribution is 0.0989. The van der Waals surface area contributed by atoms with Crippen molar-refractivity contribution in [3.8, 4) is 0 Å². The fourth-order valence-corrected chi connectivity index (χ4v) is 6.42. The maximum atomic E-state index is 2.85. The van der Waals surface area contributed by atoms with Gasteiger partial charge >= 0.3 is 0 Å². The van der Waals surface area contributed by atoms with Gasteiger partial charge in [0.15, 0.2) is 0 Å². The molecule has 0 aromatic carbocycles. The molecule has 0 aromatic rings. The molecule has 242 valence electrons. The molecule has 1 fully saturated rings. The molecule has 1 atom stereocenters. The normalized spacial score (nSPS) is 16.0. The predicted octanol–water partition coefficient (Wildman–Crippen LogP) is 12.3. The van der Waals surface area contributed by atoms with Crippen molar-refractivity contribution in [1.29, 1.82) is 0 Å². The van der Waals surface area contributed by atoms with Crippen molar-refractivity contribution in [3.63, 3.8) is 0 Å². The lowest BCUT2D eigenvalue weighted by atomic mass is 9.98. The summed E-state index contributed by atoms with van der Waals surface area (Å²) in [5.41, 5.74) is 0. The van der Waals surface area contributed by atoms with Gasteiger partial charge in [-0.2, -0.15) is 0 Å². The number of likely N-dealkylation sites (N-methyl/N-ethyl adjacent to an activating group) is 1. The second-order valence-electron chi connectivity index (χ2n) is 13.4. The third kappa shape index (κ3) is 25.6. The molecule has 0 amide bonds. The molecule has 0 aromatic heterocycles. The molecule has 2 nitrogen and oxygen atoms in total. The molecule has 1 aliphatic heterocycles. The standard InChI is InChI=1S/C39H76N2/c1-4-6-8-10-12-14-16-18-20-22-24-26-28-30-32-34-39(41-37-35-40(3)36-38-41)33-31-29-27-25-23-21-19-17-15-13-11-9-7-5-2/h17-20,39H,4-16,21-38H2,1-3H3/b19-17-,20-18-/t39-/m0/s1. The lowest BCUT2D eigenvalue weighted by Crippen LogP contribution is -2.49. The summed E-state index contributed by atoms with van der Waals surface area (Å²) in [6.07, 6.45) is 47.6. The zero-order chi connectivity index (χ0) is 29.5. The van der Waals surface area contributed by atoms with Gasteiger partial charge in [0.25, 0.3) is 0 Å². The Morgan fingerprint density at radius 2 is 0.732 bits per heavy atom. The molecule has 1 heterocycles. The third-order valence-electron chi connectivity index (χ3n) is 9.40. The Balaban J connectivity index is 2.06. The van der Waals surface area contributed by atoms with E-state index in [9.17, 15) is 0 Å². The Morgan fingerprint density at radius 1 is 0.415 bits per heavy atom. The van der Waals surface area contributed by atoms with Crippen molar-refractivity contribution in [2.75, 3.05) is 33.2 Å². The highest BCUT2D eigenvalue weighted by Crippen LogP contribution is 2.20. The molecule has 1 saturated heterocycles. The highest BCUT2D eigenvalue weighted by molar-refractivity contribution is 4.82. The van der Waals surface area contributed by atoms with Crippen LogP contribution in [0.1, 0.15) is 187 Å². The first-order valence-corrected chi connectivity index (χ1v) is 19.0. The number of rotatable bonds is 30. The molecule has 0 N–H and O–H groups in total. The van der Waals surface area contributed by atoms with E-state index in [-0.39, 0.29) is 0 Å². The Morgan fingerprint density at radius 3 is 1.10 bits per heavy atom. The largest absolute Gasteiger partial charge is 0.304 e. The Hall–Kier alpha value is -0.600. The fourth-order valence-electron chi connectivity index (χ4n) is 6.42. The van der Waals surface area contributed by atoms with E-state index in [4.69, 9.17) is 0 Å². The number of hydrogen-bond donors (Lipinski definition) is 0. The number of unbranched alkanes of at least 4 members (excludes halogenated alkanes) is 21. The van der Waals surface area contributed by atoms with Gasteiger partial charge in [-0.1, -0.05) is 147 Å². The molecule has 0 spiro atoms. The smallest absolute Gasteiger partial charge is 0.0113 e. The minimum atomic E-state index is 0.842. The van der Waals surface area contributed by atoms with E-state index in [2.05, 4.69) is 55.0 Å². The quantitative estimate of drug-likeness (QED) is 0.0624. The van der Waals surface area contributed by atoms with Gasteiger partial charge in [0.2, 0.25) is 0 Å². The summed E-state index contributed by atoms with van der Waals surface area (Å²) in [6.45, 7) is 9.69. The minimum Gasteiger partial charge on any atom is -0.304 e. The van der Waals surface area contributed by atoms with E-state index in [0.29, 0.717) is 0 Å². The van der Waals surface area contributed by atoms with Crippen LogP contribution in [0.25, 0.3) is 0 Å². The van der Waals surface area contributed by atoms with Crippen LogP contribution in [-0.2, 0) is 0 Å². The van der Waals surface area contributed by atoms with Crippen LogP contribution in [0.3, 0.4) is 0 Å². The first-order chi connectivity index (χ1) is 20.3. The molecular formula is C39H76N2. The van der Waals surface area contributed by atoms with Crippen LogP contribution in [0.4, 0.5) is 0 Å². The van der Waals surface area contributed by atoms with Crippen LogP contribution in [0.2, 0.25) is 0 Å². The van der Waals surface area contributed by atoms with E-state index in [1.807, 2.05) is 0 Å². The van der Waals surface area contributed by atoms with Crippen LogP contribution >= 0.6 is 0 Å². The lowest BCUT2D eigenvalue weighted by Gasteiger charge is -2.38. The molecule has 1 aliphatic rings. The maximum Gasteiger partial charge on any atom is 0.0113 e. The van der Waals surface area contributed by atoms with E-state index >= 15 is 0 Å². The van der Waals surface area contributed by atoms with Crippen LogP contribution in [0.5, 0.6) is 0 Å². The molecule has 41 heavy (non-hydrogen) atoms. The van der Waals surface area contributed by atoms with Crippen LogP contribution in [-0.4, -0.2) is 49.1 Å². The molecule has 0 unspecified atom stereocenters. The molecular weight excluding hydrogens is 496 g/mol. The second kappa shape index (κ2) is 30.8. The molecule has 0 bridgehead atoms. The summed E-state index contributed by atoms with van der Waals surface area (Å²) < 4.78 is 0. The van der Waals surface area contributed by atoms with Gasteiger partial charge in [0.05, 0.1) is 0 Å². The number of nitrogens with zero attached hydrogens (tertiary/aromatic N) is 2. The van der Waals surface area contributed by atoms with E-state index in [1.165, 1.54) is 200 Å². The van der Waals surface area contributed by atoms with Crippen molar-refractivity contribution in [3.05, 3.63) is 24.3 Å². The molecule has 2 heteroatoms. The Kier molecular flexibility index (Phi) is 28.9. The zero-order valence-corrected chi connectivity index (χ0v) is 28.7. The monoisotopic (exact) mass is 573 g/mol. The number of piperazine rings is 1. The van der Waals surface area contributed by atoms with E-state index in [1.54, 1.807) is 0 Å². The molecule has 0 saturated carbocycles. The van der Waals surface area contributed by atoms with Crippen LogP contribution in [0, 0.1) is 0 Å². The zero-order valence-electron chi connectivity index (χ0n) is 28.7. The highest BCUT2D eigenvalue weighted by Gasteiger charge is 2.21. The second-order valence-corrected chi connectivity index (χ2v) is 13.4. The predicted molar refractivity (Wildman–Crippen MR) is 187 cm³/mol. The minimum absolute atomic E-state index is 0.842. The fraction of sp³-hybridized carbons (Fsp3) is 0.897. The van der Waals surface area contributed by atoms with Crippen molar-refractivity contribution < 1.29 is 0 Å². The summed E-state index contributed by atoms with van der Waals surface area (Å²) in [6, 6.07) is 0.842. The van der Waals surface area contributed by atoms with Gasteiger partial charge in [-0.05, 0) is 71.3 Å². The average Bonchev–Trinajstić information content (AvgIpc) is 2.98. The summed E-state index contributed by atoms with van der Waals surface area (Å²) >= 11 is 0. The van der Waals surface area contributed by atoms with Crippen LogP contribution in [0.15, 0.2) is 24.3 Å². The van der Waals surface area contributed by atoms with E-state index < -0.39 is 0 Å².